The summed E-state index contributed by atoms with van der Waals surface area (Å²) < 4.78 is 76.9. The number of carboxylic acid groups (broad SMARTS) is 1. The fraction of sp³-hybridized carbons (Fsp3) is 0.438. The topological polar surface area (TPSA) is 55.8 Å². The Morgan fingerprint density at radius 3 is 2.54 bits per heavy atom. The van der Waals surface area contributed by atoms with Crippen LogP contribution in [0, 0.1) is 0 Å². The largest absolute Gasteiger partial charge is 0.492 e. The van der Waals surface area contributed by atoms with E-state index in [0.717, 1.165) is 17.4 Å². The standard InChI is InChI=1S/C16H13BrF5O4PS/c17-11-9-6-8(14(23)24)7-10(25-3-1-2-15(18,19)20)12(9)28-13(11)16(21,22)27-5-4-26-27/h6-7H,1-5H2,(H,23,24). The van der Waals surface area contributed by atoms with Gasteiger partial charge in [-0.3, -0.25) is 0 Å². The highest BCUT2D eigenvalue weighted by molar-refractivity contribution is 9.10. The maximum atomic E-state index is 14.7. The van der Waals surface area contributed by atoms with E-state index in [2.05, 4.69) is 15.9 Å². The van der Waals surface area contributed by atoms with Crippen LogP contribution in [0.5, 0.6) is 5.75 Å². The summed E-state index contributed by atoms with van der Waals surface area (Å²) in [5.41, 5.74) is -3.44. The Hall–Kier alpha value is -1.03. The molecule has 1 aliphatic rings. The summed E-state index contributed by atoms with van der Waals surface area (Å²) >= 11 is 3.84. The number of rotatable bonds is 7. The first kappa shape index (κ1) is 21.7. The maximum Gasteiger partial charge on any atom is 0.389 e. The number of alkyl halides is 5. The van der Waals surface area contributed by atoms with Gasteiger partial charge in [-0.25, -0.2) is 4.79 Å². The number of hydrogen-bond donors (Lipinski definition) is 1. The van der Waals surface area contributed by atoms with Crippen LogP contribution in [-0.2, 0) is 10.2 Å². The number of halogens is 6. The molecule has 0 spiro atoms. The number of fused-ring (bicyclic) bond motifs is 1. The van der Waals surface area contributed by atoms with Gasteiger partial charge in [-0.15, -0.1) is 11.3 Å². The highest BCUT2D eigenvalue weighted by Crippen LogP contribution is 2.66. The normalized spacial score (nSPS) is 17.6. The van der Waals surface area contributed by atoms with Gasteiger partial charge >= 0.3 is 17.8 Å². The molecule has 1 aromatic heterocycles. The molecule has 1 aromatic carbocycles. The quantitative estimate of drug-likeness (QED) is 0.262. The molecule has 1 atom stereocenters. The zero-order valence-corrected chi connectivity index (χ0v) is 17.3. The molecule has 0 bridgehead atoms. The van der Waals surface area contributed by atoms with Gasteiger partial charge in [0.25, 0.3) is 0 Å². The maximum absolute atomic E-state index is 14.7. The van der Waals surface area contributed by atoms with E-state index in [0.29, 0.717) is 0 Å². The number of ether oxygens (including phenoxy) is 1. The molecule has 154 valence electrons. The van der Waals surface area contributed by atoms with Crippen LogP contribution in [0.2, 0.25) is 0 Å². The highest BCUT2D eigenvalue weighted by atomic mass is 79.9. The number of carboxylic acids is 1. The lowest BCUT2D eigenvalue weighted by atomic mass is 10.1. The molecule has 0 saturated carbocycles. The third-order valence-electron chi connectivity index (χ3n) is 3.93. The predicted octanol–water partition coefficient (Wildman–Crippen LogP) is 6.56. The van der Waals surface area contributed by atoms with Gasteiger partial charge in [0.15, 0.2) is 0 Å². The molecule has 1 saturated heterocycles. The van der Waals surface area contributed by atoms with E-state index in [9.17, 15) is 31.9 Å². The minimum absolute atomic E-state index is 0.0351. The Morgan fingerprint density at radius 2 is 2.00 bits per heavy atom. The molecular formula is C16H13BrF5O4PS. The summed E-state index contributed by atoms with van der Waals surface area (Å²) in [5, 5.41) is 9.47. The Labute approximate surface area is 169 Å². The zero-order valence-electron chi connectivity index (χ0n) is 14.0. The second-order valence-electron chi connectivity index (χ2n) is 5.95. The fourth-order valence-electron chi connectivity index (χ4n) is 2.54. The van der Waals surface area contributed by atoms with Gasteiger partial charge in [0.2, 0.25) is 0 Å². The number of carbonyl (C=O) groups is 1. The molecular weight excluding hydrogens is 494 g/mol. The molecule has 12 heteroatoms. The lowest BCUT2D eigenvalue weighted by Crippen LogP contribution is -2.22. The van der Waals surface area contributed by atoms with E-state index < -0.39 is 32.4 Å². The van der Waals surface area contributed by atoms with E-state index in [-0.39, 0.29) is 56.5 Å². The molecule has 1 aliphatic heterocycles. The van der Waals surface area contributed by atoms with Crippen LogP contribution in [0.1, 0.15) is 28.1 Å². The molecule has 3 rings (SSSR count). The van der Waals surface area contributed by atoms with Gasteiger partial charge < -0.3 is 14.4 Å². The van der Waals surface area contributed by atoms with E-state index >= 15 is 0 Å². The van der Waals surface area contributed by atoms with Gasteiger partial charge in [0.1, 0.15) is 13.9 Å². The minimum atomic E-state index is -4.34. The summed E-state index contributed by atoms with van der Waals surface area (Å²) in [5.74, 6) is -1.34. The summed E-state index contributed by atoms with van der Waals surface area (Å²) in [6, 6.07) is 2.36. The van der Waals surface area contributed by atoms with Crippen molar-refractivity contribution in [1.82, 2.24) is 0 Å². The molecule has 1 fully saturated rings. The van der Waals surface area contributed by atoms with Crippen LogP contribution in [-0.4, -0.2) is 36.6 Å². The van der Waals surface area contributed by atoms with Crippen LogP contribution in [0.15, 0.2) is 16.6 Å². The van der Waals surface area contributed by atoms with Crippen molar-refractivity contribution in [2.24, 2.45) is 0 Å². The minimum Gasteiger partial charge on any atom is -0.492 e. The summed E-state index contributed by atoms with van der Waals surface area (Å²) in [4.78, 5) is 11.0. The number of aromatic carboxylic acids is 1. The van der Waals surface area contributed by atoms with Crippen LogP contribution < -0.4 is 4.74 Å². The first-order valence-electron chi connectivity index (χ1n) is 7.98. The average molecular weight is 507 g/mol. The highest BCUT2D eigenvalue weighted by Gasteiger charge is 2.49. The average Bonchev–Trinajstić information content (AvgIpc) is 2.86. The van der Waals surface area contributed by atoms with Crippen molar-refractivity contribution in [2.75, 3.05) is 19.4 Å². The van der Waals surface area contributed by atoms with E-state index in [4.69, 9.17) is 9.26 Å². The van der Waals surface area contributed by atoms with Crippen LogP contribution in [0.3, 0.4) is 0 Å². The molecule has 2 aromatic rings. The lowest BCUT2D eigenvalue weighted by molar-refractivity contribution is -0.136. The SMILES string of the molecule is O=C(O)c1cc(OCCCC(F)(F)F)c2sc(C(F)(F)P3CCO3)c(Br)c2c1. The molecule has 1 N–H and O–H groups in total. The predicted molar refractivity (Wildman–Crippen MR) is 98.9 cm³/mol. The number of hydrogen-bond acceptors (Lipinski definition) is 4. The monoisotopic (exact) mass is 506 g/mol. The van der Waals surface area contributed by atoms with Gasteiger partial charge in [0, 0.05) is 22.4 Å². The second kappa shape index (κ2) is 8.01. The molecule has 28 heavy (non-hydrogen) atoms. The van der Waals surface area contributed by atoms with Gasteiger partial charge in [0.05, 0.1) is 28.4 Å². The third-order valence-corrected chi connectivity index (χ3v) is 8.39. The Kier molecular flexibility index (Phi) is 6.20. The molecule has 0 radical (unpaired) electrons. The summed E-state index contributed by atoms with van der Waals surface area (Å²) in [6.45, 7) is -0.0602. The van der Waals surface area contributed by atoms with Crippen molar-refractivity contribution < 1.29 is 41.1 Å². The Morgan fingerprint density at radius 1 is 1.32 bits per heavy atom. The van der Waals surface area contributed by atoms with Crippen molar-refractivity contribution in [3.05, 3.63) is 27.0 Å². The van der Waals surface area contributed by atoms with Gasteiger partial charge in [-0.05, 0) is 34.5 Å². The second-order valence-corrected chi connectivity index (χ2v) is 9.78. The van der Waals surface area contributed by atoms with E-state index in [1.807, 2.05) is 0 Å². The van der Waals surface area contributed by atoms with Crippen LogP contribution in [0.25, 0.3) is 10.1 Å². The van der Waals surface area contributed by atoms with Crippen molar-refractivity contribution >= 4 is 51.5 Å². The number of thiophene rings is 1. The van der Waals surface area contributed by atoms with Crippen LogP contribution >= 0.6 is 35.4 Å². The molecule has 1 unspecified atom stereocenters. The molecule has 0 amide bonds. The fourth-order valence-corrected chi connectivity index (χ4v) is 6.23. The van der Waals surface area contributed by atoms with Gasteiger partial charge in [-0.2, -0.15) is 22.0 Å². The number of benzene rings is 1. The summed E-state index contributed by atoms with van der Waals surface area (Å²) in [7, 11) is -1.96. The van der Waals surface area contributed by atoms with Crippen molar-refractivity contribution in [3.63, 3.8) is 0 Å². The zero-order chi connectivity index (χ0) is 20.7. The smallest absolute Gasteiger partial charge is 0.389 e. The van der Waals surface area contributed by atoms with Crippen molar-refractivity contribution in [3.8, 4) is 5.75 Å². The van der Waals surface area contributed by atoms with Gasteiger partial charge in [-0.1, -0.05) is 0 Å². The molecule has 0 aliphatic carbocycles. The lowest BCUT2D eigenvalue weighted by Gasteiger charge is -2.32. The van der Waals surface area contributed by atoms with Crippen LogP contribution in [0.4, 0.5) is 22.0 Å². The van der Waals surface area contributed by atoms with E-state index in [1.165, 1.54) is 6.07 Å². The third kappa shape index (κ3) is 4.42. The molecule has 4 nitrogen and oxygen atoms in total. The summed E-state index contributed by atoms with van der Waals surface area (Å²) in [6.07, 6.45) is -5.48. The van der Waals surface area contributed by atoms with Crippen molar-refractivity contribution in [1.29, 1.82) is 0 Å². The van der Waals surface area contributed by atoms with E-state index in [1.54, 1.807) is 0 Å². The first-order valence-corrected chi connectivity index (χ1v) is 11.0. The Bertz CT molecular complexity index is 897. The first-order chi connectivity index (χ1) is 13.0. The molecule has 2 heterocycles. The Balaban J connectivity index is 1.97. The van der Waals surface area contributed by atoms with Crippen molar-refractivity contribution in [2.45, 2.75) is 24.7 Å².